The number of rotatable bonds is 6. The number of fused-ring (bicyclic) bond motifs is 21. The molecule has 0 aliphatic carbocycles. The van der Waals surface area contributed by atoms with E-state index in [4.69, 9.17) is 9.97 Å². The Morgan fingerprint density at radius 2 is 0.560 bits per heavy atom. The molecule has 12 aromatic carbocycles. The summed E-state index contributed by atoms with van der Waals surface area (Å²) < 4.78 is 15.1. The van der Waals surface area contributed by atoms with Crippen molar-refractivity contribution >= 4 is 160 Å². The SMILES string of the molecule is c1cc(-c2cc(-c3cccc(-n4c5ccccc5c5c6sc7ccccc7c6ccc54)c3)nc(-c3cccc(-n4c5ccccc5c5c6sc7ccccc7c6ccc54)c3)n2)cc(-n2c3ccccc3c3c4sc5ccccc5c4ccc32)c1. The maximum absolute atomic E-state index is 5.59. The van der Waals surface area contributed by atoms with Gasteiger partial charge >= 0.3 is 0 Å². The highest BCUT2D eigenvalue weighted by Crippen LogP contribution is 2.47. The van der Waals surface area contributed by atoms with Gasteiger partial charge in [-0.15, -0.1) is 34.0 Å². The van der Waals surface area contributed by atoms with Crippen LogP contribution in [0.1, 0.15) is 0 Å². The minimum Gasteiger partial charge on any atom is -0.309 e. The zero-order valence-electron chi connectivity index (χ0n) is 44.8. The van der Waals surface area contributed by atoms with E-state index in [0.717, 1.165) is 50.7 Å². The molecule has 84 heavy (non-hydrogen) atoms. The topological polar surface area (TPSA) is 40.6 Å². The summed E-state index contributed by atoms with van der Waals surface area (Å²) in [6, 6.07) is 95.6. The van der Waals surface area contributed by atoms with Crippen LogP contribution in [0.5, 0.6) is 0 Å². The van der Waals surface area contributed by atoms with Crippen molar-refractivity contribution in [2.75, 3.05) is 0 Å². The van der Waals surface area contributed by atoms with Gasteiger partial charge in [0, 0.05) is 127 Å². The van der Waals surface area contributed by atoms with Crippen LogP contribution >= 0.6 is 34.0 Å². The van der Waals surface area contributed by atoms with Crippen molar-refractivity contribution in [1.82, 2.24) is 23.7 Å². The number of thiophene rings is 3. The maximum atomic E-state index is 5.59. The minimum absolute atomic E-state index is 0.654. The van der Waals surface area contributed by atoms with Gasteiger partial charge in [0.25, 0.3) is 0 Å². The lowest BCUT2D eigenvalue weighted by atomic mass is 10.0. The number of aromatic nitrogens is 5. The van der Waals surface area contributed by atoms with E-state index in [0.29, 0.717) is 5.82 Å². The van der Waals surface area contributed by atoms with Gasteiger partial charge in [0.1, 0.15) is 0 Å². The van der Waals surface area contributed by atoms with E-state index in [2.05, 4.69) is 275 Å². The summed E-state index contributed by atoms with van der Waals surface area (Å²) in [6.45, 7) is 0. The van der Waals surface area contributed by atoms with E-state index >= 15 is 0 Å². The molecule has 7 heterocycles. The Labute approximate surface area is 492 Å². The number of hydrogen-bond acceptors (Lipinski definition) is 5. The van der Waals surface area contributed by atoms with Crippen molar-refractivity contribution in [2.24, 2.45) is 0 Å². The summed E-state index contributed by atoms with van der Waals surface area (Å²) in [5.74, 6) is 0.654. The monoisotopic (exact) mass is 1120 g/mol. The van der Waals surface area contributed by atoms with E-state index in [-0.39, 0.29) is 0 Å². The lowest BCUT2D eigenvalue weighted by Crippen LogP contribution is -2.00. The minimum atomic E-state index is 0.654. The molecule has 0 unspecified atom stereocenters. The molecule has 0 radical (unpaired) electrons. The van der Waals surface area contributed by atoms with Crippen LogP contribution in [0, 0.1) is 0 Å². The molecular weight excluding hydrogens is 1080 g/mol. The van der Waals surface area contributed by atoms with Crippen molar-refractivity contribution in [3.8, 4) is 51.0 Å². The summed E-state index contributed by atoms with van der Waals surface area (Å²) in [5.41, 5.74) is 14.9. The Morgan fingerprint density at radius 3 is 0.940 bits per heavy atom. The molecule has 19 aromatic rings. The van der Waals surface area contributed by atoms with Crippen molar-refractivity contribution < 1.29 is 0 Å². The second kappa shape index (κ2) is 17.6. The number of nitrogens with zero attached hydrogens (tertiary/aromatic N) is 5. The van der Waals surface area contributed by atoms with Crippen molar-refractivity contribution in [3.63, 3.8) is 0 Å². The maximum Gasteiger partial charge on any atom is 0.160 e. The molecule has 0 fully saturated rings. The van der Waals surface area contributed by atoms with E-state index in [9.17, 15) is 0 Å². The molecule has 0 aliphatic heterocycles. The Bertz CT molecular complexity index is 5430. The lowest BCUT2D eigenvalue weighted by molar-refractivity contribution is 1.15. The Morgan fingerprint density at radius 1 is 0.238 bits per heavy atom. The standard InChI is InChI=1S/C76H43N5S3/c1-7-28-61-56(25-1)70-64(37-34-53-50-22-4-10-31-67(50)82-73(53)70)79(61)47-19-13-16-44(40-47)59-43-60(45-17-14-20-48(41-45)80-62-29-8-2-26-57(62)71-65(80)38-35-54-51-23-5-11-32-68(51)83-74(54)71)78-76(77-59)46-18-15-21-49(42-46)81-63-30-9-3-27-58(63)72-66(81)39-36-55-52-24-6-12-33-69(52)84-75(55)72/h1-43H. The van der Waals surface area contributed by atoms with Crippen molar-refractivity contribution in [2.45, 2.75) is 0 Å². The zero-order chi connectivity index (χ0) is 54.7. The first-order valence-electron chi connectivity index (χ1n) is 28.4. The van der Waals surface area contributed by atoms with E-state index in [1.54, 1.807) is 0 Å². The number of hydrogen-bond donors (Lipinski definition) is 0. The molecule has 0 amide bonds. The predicted octanol–water partition coefficient (Wildman–Crippen LogP) is 21.9. The van der Waals surface area contributed by atoms with Gasteiger partial charge < -0.3 is 13.7 Å². The summed E-state index contributed by atoms with van der Waals surface area (Å²) in [4.78, 5) is 11.2. The van der Waals surface area contributed by atoms with Crippen molar-refractivity contribution in [1.29, 1.82) is 0 Å². The molecule has 0 N–H and O–H groups in total. The van der Waals surface area contributed by atoms with Gasteiger partial charge in [-0.25, -0.2) is 9.97 Å². The van der Waals surface area contributed by atoms with Gasteiger partial charge in [0.05, 0.1) is 44.5 Å². The third-order valence-electron chi connectivity index (χ3n) is 17.4. The first-order valence-corrected chi connectivity index (χ1v) is 30.8. The van der Waals surface area contributed by atoms with E-state index < -0.39 is 0 Å². The zero-order valence-corrected chi connectivity index (χ0v) is 47.2. The second-order valence-electron chi connectivity index (χ2n) is 22.0. The molecule has 8 heteroatoms. The average Bonchev–Trinajstić information content (AvgIpc) is 4.48. The molecule has 0 atom stereocenters. The molecule has 0 saturated heterocycles. The first kappa shape index (κ1) is 46.4. The molecule has 19 rings (SSSR count). The highest BCUT2D eigenvalue weighted by atomic mass is 32.1. The molecule has 390 valence electrons. The number of benzene rings is 12. The summed E-state index contributed by atoms with van der Waals surface area (Å²) in [5, 5.41) is 15.4. The summed E-state index contributed by atoms with van der Waals surface area (Å²) >= 11 is 5.65. The fraction of sp³-hybridized carbons (Fsp3) is 0. The molecule has 5 nitrogen and oxygen atoms in total. The van der Waals surface area contributed by atoms with Crippen LogP contribution in [-0.2, 0) is 0 Å². The van der Waals surface area contributed by atoms with Crippen LogP contribution in [0.25, 0.3) is 177 Å². The van der Waals surface area contributed by atoms with Crippen LogP contribution in [0.2, 0.25) is 0 Å². The third-order valence-corrected chi connectivity index (χ3v) is 21.0. The Hall–Kier alpha value is -10.2. The predicted molar refractivity (Wildman–Crippen MR) is 360 cm³/mol. The fourth-order valence-electron chi connectivity index (χ4n) is 13.8. The molecule has 0 bridgehead atoms. The van der Waals surface area contributed by atoms with Gasteiger partial charge in [-0.3, -0.25) is 0 Å². The smallest absolute Gasteiger partial charge is 0.160 e. The van der Waals surface area contributed by atoms with Gasteiger partial charge in [-0.1, -0.05) is 164 Å². The van der Waals surface area contributed by atoms with Crippen LogP contribution in [0.3, 0.4) is 0 Å². The average molecular weight is 1120 g/mol. The quantitative estimate of drug-likeness (QED) is 0.166. The summed E-state index contributed by atoms with van der Waals surface area (Å²) in [6.07, 6.45) is 0. The number of para-hydroxylation sites is 3. The van der Waals surface area contributed by atoms with Crippen LogP contribution in [0.15, 0.2) is 261 Å². The van der Waals surface area contributed by atoms with Crippen LogP contribution in [-0.4, -0.2) is 23.7 Å². The van der Waals surface area contributed by atoms with E-state index in [1.165, 1.54) is 120 Å². The van der Waals surface area contributed by atoms with Crippen LogP contribution in [0.4, 0.5) is 0 Å². The van der Waals surface area contributed by atoms with Gasteiger partial charge in [-0.2, -0.15) is 0 Å². The molecular formula is C76H43N5S3. The first-order chi connectivity index (χ1) is 41.6. The molecule has 0 aliphatic rings. The molecule has 0 saturated carbocycles. The Balaban J connectivity index is 0.814. The normalized spacial score (nSPS) is 12.3. The molecule has 0 spiro atoms. The lowest BCUT2D eigenvalue weighted by Gasteiger charge is -2.14. The second-order valence-corrected chi connectivity index (χ2v) is 25.1. The summed E-state index contributed by atoms with van der Waals surface area (Å²) in [7, 11) is 0. The van der Waals surface area contributed by atoms with Gasteiger partial charge in [0.15, 0.2) is 5.82 Å². The fourth-order valence-corrected chi connectivity index (χ4v) is 17.6. The highest BCUT2D eigenvalue weighted by molar-refractivity contribution is 7.27. The van der Waals surface area contributed by atoms with E-state index in [1.807, 2.05) is 34.0 Å². The Kier molecular flexibility index (Phi) is 9.75. The van der Waals surface area contributed by atoms with Gasteiger partial charge in [-0.05, 0) is 97.1 Å². The largest absolute Gasteiger partial charge is 0.309 e. The third kappa shape index (κ3) is 6.64. The van der Waals surface area contributed by atoms with Crippen molar-refractivity contribution in [3.05, 3.63) is 261 Å². The molecule has 7 aromatic heterocycles. The van der Waals surface area contributed by atoms with Crippen LogP contribution < -0.4 is 0 Å². The highest BCUT2D eigenvalue weighted by Gasteiger charge is 2.23. The van der Waals surface area contributed by atoms with Gasteiger partial charge in [0.2, 0.25) is 0 Å².